The summed E-state index contributed by atoms with van der Waals surface area (Å²) in [5.41, 5.74) is 3.06. The first-order valence-corrected chi connectivity index (χ1v) is 6.69. The van der Waals surface area contributed by atoms with E-state index in [4.69, 9.17) is 5.11 Å². The third kappa shape index (κ3) is 5.24. The Bertz CT molecular complexity index is 730. The Labute approximate surface area is 131 Å². The first kappa shape index (κ1) is 16.2. The number of hydrogen-bond donors (Lipinski definition) is 3. The molecule has 0 radical (unpaired) electrons. The van der Waals surface area contributed by atoms with Crippen LogP contribution in [0.3, 0.4) is 0 Å². The number of phenols is 1. The summed E-state index contributed by atoms with van der Waals surface area (Å²) < 4.78 is 13.0. The summed E-state index contributed by atoms with van der Waals surface area (Å²) in [7, 11) is 0. The van der Waals surface area contributed by atoms with Crippen molar-refractivity contribution >= 4 is 18.0 Å². The maximum absolute atomic E-state index is 13.0. The predicted molar refractivity (Wildman–Crippen MR) is 82.6 cm³/mol. The fraction of sp³-hybridized carbons (Fsp3) is 0.0625. The van der Waals surface area contributed by atoms with Crippen LogP contribution in [0, 0.1) is 5.82 Å². The highest BCUT2D eigenvalue weighted by molar-refractivity contribution is 5.96. The fourth-order valence-electron chi connectivity index (χ4n) is 1.67. The number of aromatic hydroxyl groups is 1. The van der Waals surface area contributed by atoms with Crippen molar-refractivity contribution in [3.8, 4) is 5.75 Å². The van der Waals surface area contributed by atoms with Crippen molar-refractivity contribution in [3.63, 3.8) is 0 Å². The third-order valence-corrected chi connectivity index (χ3v) is 2.79. The Morgan fingerprint density at radius 2 is 1.91 bits per heavy atom. The lowest BCUT2D eigenvalue weighted by molar-refractivity contribution is -0.120. The molecule has 118 valence electrons. The number of rotatable bonds is 5. The summed E-state index contributed by atoms with van der Waals surface area (Å²) in [4.78, 5) is 23.2. The first-order chi connectivity index (χ1) is 11.0. The molecule has 2 aromatic carbocycles. The molecule has 0 heterocycles. The Hall–Kier alpha value is -3.22. The number of hydrogen-bond acceptors (Lipinski definition) is 4. The molecule has 23 heavy (non-hydrogen) atoms. The number of nitrogens with zero attached hydrogens (tertiary/aromatic N) is 1. The molecule has 0 bridgehead atoms. The number of halogens is 1. The highest BCUT2D eigenvalue weighted by Gasteiger charge is 2.08. The Morgan fingerprint density at radius 1 is 1.17 bits per heavy atom. The van der Waals surface area contributed by atoms with Gasteiger partial charge in [0.1, 0.15) is 11.6 Å². The molecule has 0 fully saturated rings. The topological polar surface area (TPSA) is 90.8 Å². The molecule has 2 amide bonds. The standard InChI is InChI=1S/C16H14FN3O3/c17-13-3-1-2-12(8-13)16(23)18-10-15(22)20-19-9-11-4-6-14(21)7-5-11/h1-9,21H,10H2,(H,18,23)(H,20,22)/b19-9+. The van der Waals surface area contributed by atoms with E-state index >= 15 is 0 Å². The van der Waals surface area contributed by atoms with Crippen LogP contribution in [0.1, 0.15) is 15.9 Å². The number of hydrazone groups is 1. The van der Waals surface area contributed by atoms with E-state index in [0.717, 1.165) is 6.07 Å². The van der Waals surface area contributed by atoms with E-state index in [9.17, 15) is 14.0 Å². The molecule has 2 aromatic rings. The van der Waals surface area contributed by atoms with Crippen LogP contribution in [0.5, 0.6) is 5.75 Å². The molecular weight excluding hydrogens is 301 g/mol. The van der Waals surface area contributed by atoms with E-state index in [1.54, 1.807) is 12.1 Å². The van der Waals surface area contributed by atoms with Crippen molar-refractivity contribution in [2.45, 2.75) is 0 Å². The lowest BCUT2D eigenvalue weighted by atomic mass is 10.2. The van der Waals surface area contributed by atoms with Crippen molar-refractivity contribution in [1.29, 1.82) is 0 Å². The largest absolute Gasteiger partial charge is 0.508 e. The zero-order chi connectivity index (χ0) is 16.7. The maximum Gasteiger partial charge on any atom is 0.259 e. The Kier molecular flexibility index (Phi) is 5.40. The molecule has 0 saturated carbocycles. The molecular formula is C16H14FN3O3. The van der Waals surface area contributed by atoms with E-state index in [1.807, 2.05) is 0 Å². The predicted octanol–water partition coefficient (Wildman–Crippen LogP) is 1.41. The molecule has 7 heteroatoms. The van der Waals surface area contributed by atoms with Crippen molar-refractivity contribution in [2.24, 2.45) is 5.10 Å². The minimum absolute atomic E-state index is 0.130. The molecule has 0 aromatic heterocycles. The molecule has 0 aliphatic rings. The average molecular weight is 315 g/mol. The molecule has 0 unspecified atom stereocenters. The molecule has 0 saturated heterocycles. The normalized spacial score (nSPS) is 10.5. The summed E-state index contributed by atoms with van der Waals surface area (Å²) in [6.07, 6.45) is 1.39. The second-order valence-corrected chi connectivity index (χ2v) is 4.58. The first-order valence-electron chi connectivity index (χ1n) is 6.69. The molecule has 2 rings (SSSR count). The van der Waals surface area contributed by atoms with Crippen LogP contribution in [0.15, 0.2) is 53.6 Å². The Balaban J connectivity index is 1.78. The van der Waals surface area contributed by atoms with Gasteiger partial charge in [0.15, 0.2) is 0 Å². The molecule has 0 aliphatic heterocycles. The SMILES string of the molecule is O=C(CNC(=O)c1cccc(F)c1)N/N=C/c1ccc(O)cc1. The van der Waals surface area contributed by atoms with Crippen LogP contribution in [0.2, 0.25) is 0 Å². The molecule has 0 aliphatic carbocycles. The van der Waals surface area contributed by atoms with Crippen LogP contribution in [0.4, 0.5) is 4.39 Å². The zero-order valence-electron chi connectivity index (χ0n) is 12.0. The van der Waals surface area contributed by atoms with Gasteiger partial charge >= 0.3 is 0 Å². The van der Waals surface area contributed by atoms with Gasteiger partial charge in [0.05, 0.1) is 12.8 Å². The van der Waals surface area contributed by atoms with E-state index in [0.29, 0.717) is 5.56 Å². The van der Waals surface area contributed by atoms with Gasteiger partial charge < -0.3 is 10.4 Å². The van der Waals surface area contributed by atoms with Gasteiger partial charge in [0, 0.05) is 5.56 Å². The van der Waals surface area contributed by atoms with Crippen LogP contribution in [-0.4, -0.2) is 29.7 Å². The highest BCUT2D eigenvalue weighted by Crippen LogP contribution is 2.07. The van der Waals surface area contributed by atoms with Crippen LogP contribution in [0.25, 0.3) is 0 Å². The van der Waals surface area contributed by atoms with E-state index in [1.165, 1.54) is 36.5 Å². The van der Waals surface area contributed by atoms with Crippen LogP contribution < -0.4 is 10.7 Å². The van der Waals surface area contributed by atoms with Crippen molar-refractivity contribution < 1.29 is 19.1 Å². The van der Waals surface area contributed by atoms with E-state index in [-0.39, 0.29) is 17.9 Å². The lowest BCUT2D eigenvalue weighted by Gasteiger charge is -2.04. The maximum atomic E-state index is 13.0. The van der Waals surface area contributed by atoms with Gasteiger partial charge in [-0.05, 0) is 48.0 Å². The summed E-state index contributed by atoms with van der Waals surface area (Å²) >= 11 is 0. The third-order valence-electron chi connectivity index (χ3n) is 2.79. The molecule has 0 atom stereocenters. The monoisotopic (exact) mass is 315 g/mol. The second kappa shape index (κ2) is 7.69. The van der Waals surface area contributed by atoms with E-state index in [2.05, 4.69) is 15.8 Å². The number of carbonyl (C=O) groups is 2. The number of benzene rings is 2. The van der Waals surface area contributed by atoms with Crippen LogP contribution in [-0.2, 0) is 4.79 Å². The minimum Gasteiger partial charge on any atom is -0.508 e. The summed E-state index contributed by atoms with van der Waals surface area (Å²) in [6.45, 7) is -0.289. The van der Waals surface area contributed by atoms with Gasteiger partial charge in [-0.15, -0.1) is 0 Å². The molecule has 0 spiro atoms. The van der Waals surface area contributed by atoms with Gasteiger partial charge in [-0.1, -0.05) is 6.07 Å². The summed E-state index contributed by atoms with van der Waals surface area (Å²) in [5, 5.41) is 15.2. The smallest absolute Gasteiger partial charge is 0.259 e. The van der Waals surface area contributed by atoms with Crippen molar-refractivity contribution in [1.82, 2.24) is 10.7 Å². The average Bonchev–Trinajstić information content (AvgIpc) is 2.54. The number of nitrogens with one attached hydrogen (secondary N) is 2. The van der Waals surface area contributed by atoms with E-state index < -0.39 is 17.6 Å². The van der Waals surface area contributed by atoms with Gasteiger partial charge in [0.2, 0.25) is 0 Å². The van der Waals surface area contributed by atoms with Gasteiger partial charge in [-0.3, -0.25) is 9.59 Å². The fourth-order valence-corrected chi connectivity index (χ4v) is 1.67. The van der Waals surface area contributed by atoms with Gasteiger partial charge in [0.25, 0.3) is 11.8 Å². The van der Waals surface area contributed by atoms with Crippen molar-refractivity contribution in [2.75, 3.05) is 6.54 Å². The summed E-state index contributed by atoms with van der Waals surface area (Å²) in [6, 6.07) is 11.4. The van der Waals surface area contributed by atoms with Gasteiger partial charge in [-0.25, -0.2) is 9.82 Å². The number of carbonyl (C=O) groups excluding carboxylic acids is 2. The number of phenolic OH excluding ortho intramolecular Hbond substituents is 1. The van der Waals surface area contributed by atoms with Gasteiger partial charge in [-0.2, -0.15) is 5.10 Å². The highest BCUT2D eigenvalue weighted by atomic mass is 19.1. The molecule has 6 nitrogen and oxygen atoms in total. The number of amides is 2. The summed E-state index contributed by atoms with van der Waals surface area (Å²) in [5.74, 6) is -1.47. The minimum atomic E-state index is -0.554. The second-order valence-electron chi connectivity index (χ2n) is 4.58. The quantitative estimate of drug-likeness (QED) is 0.575. The zero-order valence-corrected chi connectivity index (χ0v) is 12.0. The lowest BCUT2D eigenvalue weighted by Crippen LogP contribution is -2.34. The van der Waals surface area contributed by atoms with Crippen LogP contribution >= 0.6 is 0 Å². The Morgan fingerprint density at radius 3 is 2.61 bits per heavy atom. The molecule has 3 N–H and O–H groups in total. The van der Waals surface area contributed by atoms with Crippen molar-refractivity contribution in [3.05, 3.63) is 65.5 Å².